The second-order valence-electron chi connectivity index (χ2n) is 4.78. The number of hydrogen-bond acceptors (Lipinski definition) is 3. The van der Waals surface area contributed by atoms with Crippen LogP contribution in [0.25, 0.3) is 0 Å². The molecule has 1 aromatic rings. The highest BCUT2D eigenvalue weighted by Gasteiger charge is 2.30. The Labute approximate surface area is 114 Å². The lowest BCUT2D eigenvalue weighted by molar-refractivity contribution is -0.139. The fourth-order valence-electron chi connectivity index (χ4n) is 1.90. The third-order valence-corrected chi connectivity index (χ3v) is 3.11. The largest absolute Gasteiger partial charge is 0.336 e. The Kier molecular flexibility index (Phi) is 5.56. The molecule has 0 bridgehead atoms. The van der Waals surface area contributed by atoms with Crippen molar-refractivity contribution in [1.29, 1.82) is 0 Å². The Hall–Kier alpha value is -1.13. The quantitative estimate of drug-likeness (QED) is 0.900. The molecule has 0 unspecified atom stereocenters. The molecular formula is C13H20ClN3O. The molecule has 0 spiro atoms. The van der Waals surface area contributed by atoms with Gasteiger partial charge in [-0.15, -0.1) is 12.4 Å². The average Bonchev–Trinajstić information content (AvgIpc) is 2.24. The number of carbonyl (C=O) groups is 1. The molecule has 100 valence electrons. The zero-order valence-corrected chi connectivity index (χ0v) is 11.6. The van der Waals surface area contributed by atoms with Gasteiger partial charge < -0.3 is 10.2 Å². The highest BCUT2D eigenvalue weighted by molar-refractivity contribution is 5.85. The number of pyridine rings is 1. The first-order chi connectivity index (χ1) is 8.18. The molecule has 0 radical (unpaired) electrons. The van der Waals surface area contributed by atoms with Crippen LogP contribution in [0.15, 0.2) is 24.5 Å². The van der Waals surface area contributed by atoms with Crippen molar-refractivity contribution in [2.24, 2.45) is 5.92 Å². The normalized spacial score (nSPS) is 14.8. The summed E-state index contributed by atoms with van der Waals surface area (Å²) in [7, 11) is 0. The molecule has 1 fully saturated rings. The molecule has 0 aliphatic carbocycles. The third-order valence-electron chi connectivity index (χ3n) is 3.11. The smallest absolute Gasteiger partial charge is 0.228 e. The summed E-state index contributed by atoms with van der Waals surface area (Å²) in [6.45, 7) is 6.39. The van der Waals surface area contributed by atoms with Crippen LogP contribution in [-0.2, 0) is 11.3 Å². The van der Waals surface area contributed by atoms with Crippen molar-refractivity contribution in [3.63, 3.8) is 0 Å². The van der Waals surface area contributed by atoms with E-state index in [2.05, 4.69) is 24.1 Å². The van der Waals surface area contributed by atoms with Crippen LogP contribution >= 0.6 is 12.4 Å². The summed E-state index contributed by atoms with van der Waals surface area (Å²) in [5.74, 6) is 0.414. The van der Waals surface area contributed by atoms with Gasteiger partial charge in [0.2, 0.25) is 5.91 Å². The number of hydrogen-bond donors (Lipinski definition) is 1. The number of rotatable bonds is 4. The van der Waals surface area contributed by atoms with Gasteiger partial charge in [-0.05, 0) is 25.5 Å². The highest BCUT2D eigenvalue weighted by atomic mass is 35.5. The van der Waals surface area contributed by atoms with Gasteiger partial charge in [-0.25, -0.2) is 0 Å². The van der Waals surface area contributed by atoms with E-state index in [1.54, 1.807) is 6.20 Å². The number of amides is 1. The van der Waals surface area contributed by atoms with Crippen molar-refractivity contribution in [2.75, 3.05) is 13.1 Å². The summed E-state index contributed by atoms with van der Waals surface area (Å²) in [5.41, 5.74) is 1.09. The van der Waals surface area contributed by atoms with Crippen LogP contribution in [-0.4, -0.2) is 34.9 Å². The molecule has 0 atom stereocenters. The van der Waals surface area contributed by atoms with E-state index in [0.717, 1.165) is 18.7 Å². The van der Waals surface area contributed by atoms with Crippen molar-refractivity contribution in [3.05, 3.63) is 30.1 Å². The molecule has 2 rings (SSSR count). The minimum atomic E-state index is 0. The number of carbonyl (C=O) groups excluding carboxylic acids is 1. The highest BCUT2D eigenvalue weighted by Crippen LogP contribution is 2.14. The first-order valence-electron chi connectivity index (χ1n) is 6.08. The molecule has 1 amide bonds. The Balaban J connectivity index is 0.00000162. The maximum Gasteiger partial charge on any atom is 0.228 e. The fourth-order valence-corrected chi connectivity index (χ4v) is 1.90. The first-order valence-corrected chi connectivity index (χ1v) is 6.08. The minimum Gasteiger partial charge on any atom is -0.336 e. The second-order valence-corrected chi connectivity index (χ2v) is 4.78. The Morgan fingerprint density at radius 1 is 1.56 bits per heavy atom. The van der Waals surface area contributed by atoms with Gasteiger partial charge in [-0.3, -0.25) is 9.78 Å². The van der Waals surface area contributed by atoms with Crippen LogP contribution in [0.4, 0.5) is 0 Å². The van der Waals surface area contributed by atoms with E-state index < -0.39 is 0 Å². The van der Waals surface area contributed by atoms with Crippen LogP contribution in [0.3, 0.4) is 0 Å². The zero-order valence-electron chi connectivity index (χ0n) is 10.8. The number of halogens is 1. The summed E-state index contributed by atoms with van der Waals surface area (Å²) >= 11 is 0. The average molecular weight is 270 g/mol. The summed E-state index contributed by atoms with van der Waals surface area (Å²) in [6, 6.07) is 4.14. The molecule has 0 aromatic carbocycles. The van der Waals surface area contributed by atoms with E-state index in [-0.39, 0.29) is 30.3 Å². The van der Waals surface area contributed by atoms with Gasteiger partial charge in [0.1, 0.15) is 0 Å². The summed E-state index contributed by atoms with van der Waals surface area (Å²) in [5, 5.41) is 3.14. The molecule has 1 aromatic heterocycles. The summed E-state index contributed by atoms with van der Waals surface area (Å²) in [6.07, 6.45) is 3.57. The lowest BCUT2D eigenvalue weighted by Crippen LogP contribution is -2.53. The molecule has 0 saturated carbocycles. The van der Waals surface area contributed by atoms with Crippen LogP contribution in [0.5, 0.6) is 0 Å². The molecule has 2 heterocycles. The maximum absolute atomic E-state index is 12.2. The lowest BCUT2D eigenvalue weighted by atomic mass is 10.0. The van der Waals surface area contributed by atoms with Crippen LogP contribution in [0.1, 0.15) is 19.4 Å². The van der Waals surface area contributed by atoms with Gasteiger partial charge in [0.25, 0.3) is 0 Å². The standard InChI is InChI=1S/C13H19N3O.ClH/c1-10(2)16(13(17)12-7-15-8-12)9-11-4-3-5-14-6-11;/h3-6,10,12,15H,7-9H2,1-2H3;1H. The molecule has 1 saturated heterocycles. The lowest BCUT2D eigenvalue weighted by Gasteiger charge is -2.34. The molecule has 1 aliphatic heterocycles. The van der Waals surface area contributed by atoms with Gasteiger partial charge in [0, 0.05) is 38.1 Å². The van der Waals surface area contributed by atoms with Gasteiger partial charge in [0.15, 0.2) is 0 Å². The number of nitrogens with one attached hydrogen (secondary N) is 1. The van der Waals surface area contributed by atoms with E-state index in [4.69, 9.17) is 0 Å². The summed E-state index contributed by atoms with van der Waals surface area (Å²) in [4.78, 5) is 18.3. The maximum atomic E-state index is 12.2. The SMILES string of the molecule is CC(C)N(Cc1cccnc1)C(=O)C1CNC1.Cl. The molecule has 18 heavy (non-hydrogen) atoms. The molecular weight excluding hydrogens is 250 g/mol. The van der Waals surface area contributed by atoms with Crippen molar-refractivity contribution >= 4 is 18.3 Å². The van der Waals surface area contributed by atoms with Crippen molar-refractivity contribution in [3.8, 4) is 0 Å². The van der Waals surface area contributed by atoms with E-state index in [9.17, 15) is 4.79 Å². The Bertz CT molecular complexity index is 379. The van der Waals surface area contributed by atoms with Gasteiger partial charge >= 0.3 is 0 Å². The molecule has 4 nitrogen and oxygen atoms in total. The minimum absolute atomic E-state index is 0. The Morgan fingerprint density at radius 2 is 2.28 bits per heavy atom. The number of aromatic nitrogens is 1. The van der Waals surface area contributed by atoms with E-state index in [1.165, 1.54) is 0 Å². The van der Waals surface area contributed by atoms with Gasteiger partial charge in [-0.1, -0.05) is 6.07 Å². The van der Waals surface area contributed by atoms with Crippen LogP contribution in [0.2, 0.25) is 0 Å². The predicted octanol–water partition coefficient (Wildman–Crippen LogP) is 1.46. The van der Waals surface area contributed by atoms with Gasteiger partial charge in [-0.2, -0.15) is 0 Å². The molecule has 5 heteroatoms. The van der Waals surface area contributed by atoms with E-state index in [1.807, 2.05) is 23.2 Å². The monoisotopic (exact) mass is 269 g/mol. The van der Waals surface area contributed by atoms with E-state index in [0.29, 0.717) is 6.54 Å². The van der Waals surface area contributed by atoms with Crippen molar-refractivity contribution < 1.29 is 4.79 Å². The fraction of sp³-hybridized carbons (Fsp3) is 0.538. The first kappa shape index (κ1) is 14.9. The topological polar surface area (TPSA) is 45.2 Å². The van der Waals surface area contributed by atoms with Crippen LogP contribution < -0.4 is 5.32 Å². The molecule has 1 N–H and O–H groups in total. The van der Waals surface area contributed by atoms with Gasteiger partial charge in [0.05, 0.1) is 5.92 Å². The molecule has 1 aliphatic rings. The zero-order chi connectivity index (χ0) is 12.3. The summed E-state index contributed by atoms with van der Waals surface area (Å²) < 4.78 is 0. The van der Waals surface area contributed by atoms with E-state index >= 15 is 0 Å². The number of nitrogens with zero attached hydrogens (tertiary/aromatic N) is 2. The van der Waals surface area contributed by atoms with Crippen LogP contribution in [0, 0.1) is 5.92 Å². The third kappa shape index (κ3) is 3.43. The second kappa shape index (κ2) is 6.71. The predicted molar refractivity (Wildman–Crippen MR) is 73.5 cm³/mol. The van der Waals surface area contributed by atoms with Crippen molar-refractivity contribution in [1.82, 2.24) is 15.2 Å². The Morgan fingerprint density at radius 3 is 2.72 bits per heavy atom. The van der Waals surface area contributed by atoms with Crippen molar-refractivity contribution in [2.45, 2.75) is 26.4 Å².